The van der Waals surface area contributed by atoms with Gasteiger partial charge in [-0.15, -0.1) is 0 Å². The summed E-state index contributed by atoms with van der Waals surface area (Å²) < 4.78 is 29.0. The van der Waals surface area contributed by atoms with Crippen molar-refractivity contribution >= 4 is 20.9 Å². The van der Waals surface area contributed by atoms with Crippen LogP contribution in [0.25, 0.3) is 10.9 Å². The Labute approximate surface area is 139 Å². The van der Waals surface area contributed by atoms with Crippen molar-refractivity contribution in [3.05, 3.63) is 36.0 Å². The summed E-state index contributed by atoms with van der Waals surface area (Å²) in [5, 5.41) is 1.17. The number of para-hydroxylation sites is 1. The molecule has 1 aromatic heterocycles. The van der Waals surface area contributed by atoms with Crippen LogP contribution in [0.15, 0.2) is 30.5 Å². The highest BCUT2D eigenvalue weighted by Crippen LogP contribution is 2.28. The standard InChI is InChI=1S/C17H27N3O2S/c1-5-6-11-23(21,22)18-12-17(19(2)3)15-13-20(4)16-10-8-7-9-14(15)16/h7-10,13,17-18H,5-6,11-12H2,1-4H3. The minimum Gasteiger partial charge on any atom is -0.350 e. The maximum Gasteiger partial charge on any atom is 0.211 e. The van der Waals surface area contributed by atoms with Gasteiger partial charge in [-0.1, -0.05) is 31.5 Å². The van der Waals surface area contributed by atoms with Crippen molar-refractivity contribution in [1.82, 2.24) is 14.2 Å². The molecule has 1 unspecified atom stereocenters. The lowest BCUT2D eigenvalue weighted by Gasteiger charge is -2.24. The van der Waals surface area contributed by atoms with Crippen molar-refractivity contribution < 1.29 is 8.42 Å². The second kappa shape index (κ2) is 7.47. The van der Waals surface area contributed by atoms with Crippen LogP contribution in [-0.2, 0) is 17.1 Å². The van der Waals surface area contributed by atoms with Gasteiger partial charge < -0.3 is 9.47 Å². The largest absolute Gasteiger partial charge is 0.350 e. The smallest absolute Gasteiger partial charge is 0.211 e. The van der Waals surface area contributed by atoms with E-state index in [4.69, 9.17) is 0 Å². The number of unbranched alkanes of at least 4 members (excludes halogenated alkanes) is 1. The number of hydrogen-bond donors (Lipinski definition) is 1. The van der Waals surface area contributed by atoms with Crippen LogP contribution < -0.4 is 4.72 Å². The minimum absolute atomic E-state index is 0.00231. The van der Waals surface area contributed by atoms with Crippen LogP contribution in [0.3, 0.4) is 0 Å². The van der Waals surface area contributed by atoms with Gasteiger partial charge in [0.15, 0.2) is 0 Å². The third-order valence-corrected chi connectivity index (χ3v) is 5.61. The Bertz CT molecular complexity index is 750. The quantitative estimate of drug-likeness (QED) is 0.805. The Balaban J connectivity index is 2.25. The summed E-state index contributed by atoms with van der Waals surface area (Å²) in [5.41, 5.74) is 2.30. The van der Waals surface area contributed by atoms with Crippen LogP contribution in [0.4, 0.5) is 0 Å². The molecule has 0 saturated carbocycles. The lowest BCUT2D eigenvalue weighted by atomic mass is 10.1. The molecule has 1 N–H and O–H groups in total. The first-order chi connectivity index (χ1) is 10.9. The van der Waals surface area contributed by atoms with Crippen molar-refractivity contribution in [1.29, 1.82) is 0 Å². The number of aryl methyl sites for hydroxylation is 1. The van der Waals surface area contributed by atoms with E-state index in [2.05, 4.69) is 32.5 Å². The summed E-state index contributed by atoms with van der Waals surface area (Å²) in [6.07, 6.45) is 3.66. The second-order valence-corrected chi connectivity index (χ2v) is 8.14. The van der Waals surface area contributed by atoms with Gasteiger partial charge in [-0.3, -0.25) is 0 Å². The van der Waals surface area contributed by atoms with Gasteiger partial charge in [-0.05, 0) is 32.1 Å². The van der Waals surface area contributed by atoms with E-state index in [0.717, 1.165) is 17.5 Å². The van der Waals surface area contributed by atoms with Crippen molar-refractivity contribution in [2.24, 2.45) is 7.05 Å². The number of hydrogen-bond acceptors (Lipinski definition) is 3. The molecule has 0 fully saturated rings. The molecule has 1 heterocycles. The fraction of sp³-hybridized carbons (Fsp3) is 0.529. The Morgan fingerprint density at radius 1 is 1.26 bits per heavy atom. The highest BCUT2D eigenvalue weighted by Gasteiger charge is 2.21. The van der Waals surface area contributed by atoms with Crippen molar-refractivity contribution in [2.75, 3.05) is 26.4 Å². The first kappa shape index (κ1) is 18.0. The first-order valence-electron chi connectivity index (χ1n) is 8.03. The zero-order valence-corrected chi connectivity index (χ0v) is 15.2. The Morgan fingerprint density at radius 3 is 2.61 bits per heavy atom. The summed E-state index contributed by atoms with van der Waals surface area (Å²) >= 11 is 0. The van der Waals surface area contributed by atoms with E-state index in [1.54, 1.807) is 0 Å². The number of fused-ring (bicyclic) bond motifs is 1. The molecule has 5 nitrogen and oxygen atoms in total. The predicted octanol–water partition coefficient (Wildman–Crippen LogP) is 2.50. The fourth-order valence-electron chi connectivity index (χ4n) is 2.82. The molecule has 0 saturated heterocycles. The van der Waals surface area contributed by atoms with Crippen molar-refractivity contribution in [2.45, 2.75) is 25.8 Å². The van der Waals surface area contributed by atoms with Gasteiger partial charge >= 0.3 is 0 Å². The highest BCUT2D eigenvalue weighted by atomic mass is 32.2. The second-order valence-electron chi connectivity index (χ2n) is 6.21. The van der Waals surface area contributed by atoms with Crippen LogP contribution in [-0.4, -0.2) is 44.3 Å². The van der Waals surface area contributed by atoms with E-state index < -0.39 is 10.0 Å². The highest BCUT2D eigenvalue weighted by molar-refractivity contribution is 7.89. The van der Waals surface area contributed by atoms with E-state index in [1.807, 2.05) is 40.2 Å². The number of nitrogens with zero attached hydrogens (tertiary/aromatic N) is 2. The van der Waals surface area contributed by atoms with E-state index >= 15 is 0 Å². The molecule has 2 rings (SSSR count). The number of nitrogens with one attached hydrogen (secondary N) is 1. The van der Waals surface area contributed by atoms with Crippen LogP contribution in [0.5, 0.6) is 0 Å². The lowest BCUT2D eigenvalue weighted by molar-refractivity contribution is 0.301. The summed E-state index contributed by atoms with van der Waals surface area (Å²) in [4.78, 5) is 2.06. The molecule has 0 aliphatic carbocycles. The lowest BCUT2D eigenvalue weighted by Crippen LogP contribution is -2.35. The molecule has 0 aliphatic rings. The van der Waals surface area contributed by atoms with Gasteiger partial charge in [-0.2, -0.15) is 0 Å². The van der Waals surface area contributed by atoms with Crippen LogP contribution in [0, 0.1) is 0 Å². The van der Waals surface area contributed by atoms with Crippen molar-refractivity contribution in [3.8, 4) is 0 Å². The molecule has 0 spiro atoms. The first-order valence-corrected chi connectivity index (χ1v) is 9.68. The van der Waals surface area contributed by atoms with Gasteiger partial charge in [0.25, 0.3) is 0 Å². The topological polar surface area (TPSA) is 54.3 Å². The molecule has 0 bridgehead atoms. The zero-order valence-electron chi connectivity index (χ0n) is 14.4. The summed E-state index contributed by atoms with van der Waals surface area (Å²) in [6.45, 7) is 2.38. The van der Waals surface area contributed by atoms with Gasteiger partial charge in [0, 0.05) is 36.7 Å². The monoisotopic (exact) mass is 337 g/mol. The molecule has 0 amide bonds. The summed E-state index contributed by atoms with van der Waals surface area (Å²) in [5.74, 6) is 0.194. The maximum atomic E-state index is 12.1. The molecule has 1 aromatic carbocycles. The number of rotatable bonds is 8. The van der Waals surface area contributed by atoms with E-state index in [-0.39, 0.29) is 11.8 Å². The normalized spacial score (nSPS) is 13.8. The van der Waals surface area contributed by atoms with Crippen molar-refractivity contribution in [3.63, 3.8) is 0 Å². The fourth-order valence-corrected chi connectivity index (χ4v) is 4.05. The Hall–Kier alpha value is -1.37. The van der Waals surface area contributed by atoms with E-state index in [1.165, 1.54) is 5.39 Å². The Morgan fingerprint density at radius 2 is 1.96 bits per heavy atom. The molecule has 6 heteroatoms. The van der Waals surface area contributed by atoms with E-state index in [9.17, 15) is 8.42 Å². The summed E-state index contributed by atoms with van der Waals surface area (Å²) in [6, 6.07) is 8.20. The third kappa shape index (κ3) is 4.34. The average molecular weight is 337 g/mol. The summed E-state index contributed by atoms with van der Waals surface area (Å²) in [7, 11) is 2.77. The van der Waals surface area contributed by atoms with Crippen LogP contribution in [0.2, 0.25) is 0 Å². The zero-order chi connectivity index (χ0) is 17.0. The average Bonchev–Trinajstić information content (AvgIpc) is 2.83. The predicted molar refractivity (Wildman–Crippen MR) is 96.0 cm³/mol. The number of sulfonamides is 1. The molecule has 2 aromatic rings. The van der Waals surface area contributed by atoms with Gasteiger partial charge in [0.1, 0.15) is 0 Å². The number of aromatic nitrogens is 1. The molecule has 0 radical (unpaired) electrons. The number of benzene rings is 1. The van der Waals surface area contributed by atoms with Gasteiger partial charge in [0.05, 0.1) is 5.75 Å². The Kier molecular flexibility index (Phi) is 5.84. The maximum absolute atomic E-state index is 12.1. The third-order valence-electron chi connectivity index (χ3n) is 4.17. The molecular formula is C17H27N3O2S. The SMILES string of the molecule is CCCCS(=O)(=O)NCC(c1cn(C)c2ccccc12)N(C)C. The van der Waals surface area contributed by atoms with Crippen LogP contribution >= 0.6 is 0 Å². The number of likely N-dealkylation sites (N-methyl/N-ethyl adjacent to an activating group) is 1. The van der Waals surface area contributed by atoms with Crippen LogP contribution in [0.1, 0.15) is 31.4 Å². The molecule has 0 aliphatic heterocycles. The molecular weight excluding hydrogens is 310 g/mol. The molecule has 1 atom stereocenters. The van der Waals surface area contributed by atoms with Gasteiger partial charge in [0.2, 0.25) is 10.0 Å². The molecule has 23 heavy (non-hydrogen) atoms. The van der Waals surface area contributed by atoms with E-state index in [0.29, 0.717) is 13.0 Å². The molecule has 128 valence electrons. The minimum atomic E-state index is -3.21. The van der Waals surface area contributed by atoms with Gasteiger partial charge in [-0.25, -0.2) is 13.1 Å².